The van der Waals surface area contributed by atoms with Crippen LogP contribution in [0.15, 0.2) is 36.5 Å². The topological polar surface area (TPSA) is 41.9 Å². The molecular formula is C15H19FN4. The van der Waals surface area contributed by atoms with Gasteiger partial charge in [0, 0.05) is 37.7 Å². The number of hydrogen-bond donors (Lipinski definition) is 2. The van der Waals surface area contributed by atoms with Crippen molar-refractivity contribution in [3.05, 3.63) is 47.9 Å². The molecule has 0 amide bonds. The molecule has 0 saturated carbocycles. The lowest BCUT2D eigenvalue weighted by Crippen LogP contribution is -2.36. The van der Waals surface area contributed by atoms with Gasteiger partial charge in [0.25, 0.3) is 0 Å². The Hall–Kier alpha value is -1.88. The molecule has 5 heteroatoms. The molecule has 4 nitrogen and oxygen atoms in total. The van der Waals surface area contributed by atoms with Gasteiger partial charge in [0.2, 0.25) is 0 Å². The molecule has 0 saturated heterocycles. The van der Waals surface area contributed by atoms with Gasteiger partial charge in [0.15, 0.2) is 0 Å². The first-order chi connectivity index (χ1) is 9.72. The highest BCUT2D eigenvalue weighted by Gasteiger charge is 2.18. The Morgan fingerprint density at radius 2 is 2.20 bits per heavy atom. The minimum Gasteiger partial charge on any atom is -0.370 e. The van der Waals surface area contributed by atoms with E-state index in [9.17, 15) is 4.39 Å². The number of aromatic nitrogens is 2. The van der Waals surface area contributed by atoms with Gasteiger partial charge in [-0.25, -0.2) is 9.07 Å². The van der Waals surface area contributed by atoms with Gasteiger partial charge >= 0.3 is 0 Å². The molecule has 20 heavy (non-hydrogen) atoms. The second-order valence-corrected chi connectivity index (χ2v) is 5.33. The molecular weight excluding hydrogens is 255 g/mol. The van der Waals surface area contributed by atoms with Crippen LogP contribution >= 0.6 is 0 Å². The van der Waals surface area contributed by atoms with Crippen molar-refractivity contribution in [1.82, 2.24) is 15.1 Å². The van der Waals surface area contributed by atoms with E-state index in [-0.39, 0.29) is 11.9 Å². The number of anilines is 1. The van der Waals surface area contributed by atoms with Gasteiger partial charge in [0.05, 0.1) is 6.20 Å². The molecule has 1 aliphatic rings. The molecule has 2 atom stereocenters. The van der Waals surface area contributed by atoms with Gasteiger partial charge in [-0.05, 0) is 24.6 Å². The van der Waals surface area contributed by atoms with Crippen LogP contribution in [-0.4, -0.2) is 22.9 Å². The zero-order valence-corrected chi connectivity index (χ0v) is 11.5. The van der Waals surface area contributed by atoms with Crippen molar-refractivity contribution in [1.29, 1.82) is 0 Å². The number of nitrogens with zero attached hydrogens (tertiary/aromatic N) is 2. The van der Waals surface area contributed by atoms with Crippen molar-refractivity contribution in [3.8, 4) is 0 Å². The van der Waals surface area contributed by atoms with Crippen LogP contribution in [0.1, 0.15) is 18.5 Å². The first-order valence-electron chi connectivity index (χ1n) is 6.97. The third-order valence-corrected chi connectivity index (χ3v) is 3.80. The molecule has 0 spiro atoms. The summed E-state index contributed by atoms with van der Waals surface area (Å²) in [6.07, 6.45) is 1.82. The normalized spacial score (nSPS) is 19.2. The Morgan fingerprint density at radius 3 is 3.00 bits per heavy atom. The zero-order chi connectivity index (χ0) is 13.9. The Balaban J connectivity index is 1.54. The van der Waals surface area contributed by atoms with Crippen molar-refractivity contribution in [2.45, 2.75) is 19.5 Å². The minimum atomic E-state index is -0.191. The predicted octanol–water partition coefficient (Wildman–Crippen LogP) is 2.41. The molecule has 1 aromatic heterocycles. The van der Waals surface area contributed by atoms with Crippen molar-refractivity contribution in [2.24, 2.45) is 5.92 Å². The quantitative estimate of drug-likeness (QED) is 0.899. The van der Waals surface area contributed by atoms with Crippen LogP contribution < -0.4 is 10.6 Å². The SMILES string of the molecule is C[C@@H](NC[C@@H]1CNc2ccnn2C1)c1ccc(F)cc1. The number of nitrogens with one attached hydrogen (secondary N) is 2. The highest BCUT2D eigenvalue weighted by atomic mass is 19.1. The van der Waals surface area contributed by atoms with Crippen molar-refractivity contribution in [2.75, 3.05) is 18.4 Å². The Kier molecular flexibility index (Phi) is 3.69. The molecule has 0 aliphatic carbocycles. The fraction of sp³-hybridized carbons (Fsp3) is 0.400. The number of benzene rings is 1. The van der Waals surface area contributed by atoms with E-state index in [1.165, 1.54) is 12.1 Å². The Bertz CT molecular complexity index is 564. The monoisotopic (exact) mass is 274 g/mol. The zero-order valence-electron chi connectivity index (χ0n) is 11.5. The number of rotatable bonds is 4. The molecule has 0 radical (unpaired) electrons. The van der Waals surface area contributed by atoms with Gasteiger partial charge in [-0.2, -0.15) is 5.10 Å². The fourth-order valence-corrected chi connectivity index (χ4v) is 2.54. The van der Waals surface area contributed by atoms with Crippen LogP contribution in [0.3, 0.4) is 0 Å². The molecule has 106 valence electrons. The molecule has 0 fully saturated rings. The summed E-state index contributed by atoms with van der Waals surface area (Å²) in [5, 5.41) is 11.2. The van der Waals surface area contributed by atoms with Crippen LogP contribution in [0, 0.1) is 11.7 Å². The van der Waals surface area contributed by atoms with Crippen LogP contribution in [0.25, 0.3) is 0 Å². The summed E-state index contributed by atoms with van der Waals surface area (Å²) in [6, 6.07) is 8.88. The molecule has 3 rings (SSSR count). The smallest absolute Gasteiger partial charge is 0.124 e. The summed E-state index contributed by atoms with van der Waals surface area (Å²) < 4.78 is 14.9. The number of halogens is 1. The molecule has 1 aromatic carbocycles. The van der Waals surface area contributed by atoms with Gasteiger partial charge in [-0.1, -0.05) is 12.1 Å². The maximum absolute atomic E-state index is 12.9. The van der Waals surface area contributed by atoms with E-state index in [1.807, 2.05) is 29.1 Å². The number of hydrogen-bond acceptors (Lipinski definition) is 3. The molecule has 2 heterocycles. The van der Waals surface area contributed by atoms with Gasteiger partial charge in [-0.15, -0.1) is 0 Å². The largest absolute Gasteiger partial charge is 0.370 e. The second kappa shape index (κ2) is 5.63. The van der Waals surface area contributed by atoms with Crippen LogP contribution in [0.2, 0.25) is 0 Å². The van der Waals surface area contributed by atoms with E-state index < -0.39 is 0 Å². The van der Waals surface area contributed by atoms with Crippen LogP contribution in [-0.2, 0) is 6.54 Å². The van der Waals surface area contributed by atoms with E-state index in [2.05, 4.69) is 22.7 Å². The summed E-state index contributed by atoms with van der Waals surface area (Å²) in [5.41, 5.74) is 1.11. The fourth-order valence-electron chi connectivity index (χ4n) is 2.54. The standard InChI is InChI=1S/C15H19FN4/c1-11(13-2-4-14(16)5-3-13)17-8-12-9-18-15-6-7-19-20(15)10-12/h2-7,11-12,17-18H,8-10H2,1H3/t11-,12-/m1/s1. The van der Waals surface area contributed by atoms with E-state index in [4.69, 9.17) is 0 Å². The first kappa shape index (κ1) is 13.1. The average molecular weight is 274 g/mol. The highest BCUT2D eigenvalue weighted by Crippen LogP contribution is 2.17. The average Bonchev–Trinajstić information content (AvgIpc) is 2.93. The second-order valence-electron chi connectivity index (χ2n) is 5.33. The predicted molar refractivity (Wildman–Crippen MR) is 77.0 cm³/mol. The van der Waals surface area contributed by atoms with Gasteiger partial charge in [0.1, 0.15) is 11.6 Å². The highest BCUT2D eigenvalue weighted by molar-refractivity contribution is 5.35. The minimum absolute atomic E-state index is 0.191. The van der Waals surface area contributed by atoms with E-state index in [0.29, 0.717) is 5.92 Å². The van der Waals surface area contributed by atoms with Crippen LogP contribution in [0.4, 0.5) is 10.2 Å². The molecule has 2 aromatic rings. The first-order valence-corrected chi connectivity index (χ1v) is 6.97. The molecule has 2 N–H and O–H groups in total. The van der Waals surface area contributed by atoms with Crippen molar-refractivity contribution in [3.63, 3.8) is 0 Å². The maximum Gasteiger partial charge on any atom is 0.124 e. The maximum atomic E-state index is 12.9. The van der Waals surface area contributed by atoms with Gasteiger partial charge < -0.3 is 10.6 Å². The van der Waals surface area contributed by atoms with E-state index >= 15 is 0 Å². The van der Waals surface area contributed by atoms with Crippen molar-refractivity contribution < 1.29 is 4.39 Å². The number of fused-ring (bicyclic) bond motifs is 1. The third kappa shape index (κ3) is 2.82. The lowest BCUT2D eigenvalue weighted by Gasteiger charge is -2.26. The lowest BCUT2D eigenvalue weighted by molar-refractivity contribution is 0.376. The summed E-state index contributed by atoms with van der Waals surface area (Å²) in [7, 11) is 0. The van der Waals surface area contributed by atoms with E-state index in [1.54, 1.807) is 0 Å². The molecule has 1 aliphatic heterocycles. The third-order valence-electron chi connectivity index (χ3n) is 3.80. The lowest BCUT2D eigenvalue weighted by atomic mass is 10.1. The summed E-state index contributed by atoms with van der Waals surface area (Å²) >= 11 is 0. The molecule has 0 unspecified atom stereocenters. The Labute approximate surface area is 118 Å². The van der Waals surface area contributed by atoms with Crippen LogP contribution in [0.5, 0.6) is 0 Å². The Morgan fingerprint density at radius 1 is 1.40 bits per heavy atom. The summed E-state index contributed by atoms with van der Waals surface area (Å²) in [4.78, 5) is 0. The summed E-state index contributed by atoms with van der Waals surface area (Å²) in [5.74, 6) is 1.40. The van der Waals surface area contributed by atoms with E-state index in [0.717, 1.165) is 31.0 Å². The summed E-state index contributed by atoms with van der Waals surface area (Å²) in [6.45, 7) is 4.89. The van der Waals surface area contributed by atoms with Gasteiger partial charge in [-0.3, -0.25) is 0 Å². The van der Waals surface area contributed by atoms with Crippen molar-refractivity contribution >= 4 is 5.82 Å². The molecule has 0 bridgehead atoms.